The minimum absolute atomic E-state index is 0.0782. The number of benzene rings is 1. The topological polar surface area (TPSA) is 35.0 Å². The molecule has 0 bridgehead atoms. The lowest BCUT2D eigenvalue weighted by Crippen LogP contribution is -2.33. The minimum atomic E-state index is -0.0782. The third kappa shape index (κ3) is 4.04. The Bertz CT molecular complexity index is 941. The van der Waals surface area contributed by atoms with Gasteiger partial charge in [0.25, 0.3) is 0 Å². The monoisotopic (exact) mass is 416 g/mol. The Balaban J connectivity index is 1.67. The highest BCUT2D eigenvalue weighted by molar-refractivity contribution is 7.99. The van der Waals surface area contributed by atoms with Gasteiger partial charge in [-0.1, -0.05) is 49.0 Å². The van der Waals surface area contributed by atoms with Gasteiger partial charge in [-0.3, -0.25) is 0 Å². The first-order valence-electron chi connectivity index (χ1n) is 9.29. The summed E-state index contributed by atoms with van der Waals surface area (Å²) >= 11 is 5.26. The number of hydrogen-bond donors (Lipinski definition) is 0. The van der Waals surface area contributed by atoms with Gasteiger partial charge in [0.15, 0.2) is 5.16 Å². The molecule has 0 spiro atoms. The van der Waals surface area contributed by atoms with Gasteiger partial charge in [-0.05, 0) is 37.1 Å². The van der Waals surface area contributed by atoms with Gasteiger partial charge in [-0.15, -0.1) is 23.1 Å². The molecule has 0 radical (unpaired) electrons. The van der Waals surface area contributed by atoms with Crippen LogP contribution in [0.4, 0.5) is 0 Å². The van der Waals surface area contributed by atoms with Gasteiger partial charge in [0.05, 0.1) is 12.2 Å². The van der Waals surface area contributed by atoms with Gasteiger partial charge in [0.1, 0.15) is 9.86 Å². The van der Waals surface area contributed by atoms with Crippen molar-refractivity contribution in [3.63, 3.8) is 0 Å². The smallest absolute Gasteiger partial charge is 0.189 e. The molecular formula is C21H24N2OS3. The summed E-state index contributed by atoms with van der Waals surface area (Å²) < 4.78 is 6.16. The van der Waals surface area contributed by atoms with Crippen LogP contribution in [-0.4, -0.2) is 27.6 Å². The fourth-order valence-electron chi connectivity index (χ4n) is 3.35. The lowest BCUT2D eigenvalue weighted by atomic mass is 9.90. The molecule has 0 aliphatic carbocycles. The third-order valence-electron chi connectivity index (χ3n) is 5.19. The van der Waals surface area contributed by atoms with Gasteiger partial charge in [-0.25, -0.2) is 9.97 Å². The summed E-state index contributed by atoms with van der Waals surface area (Å²) in [6.45, 7) is 5.12. The van der Waals surface area contributed by atoms with Crippen molar-refractivity contribution in [3.05, 3.63) is 46.3 Å². The molecule has 4 rings (SSSR count). The number of nitrogens with zero attached hydrogens (tertiary/aromatic N) is 2. The first-order chi connectivity index (χ1) is 13.1. The van der Waals surface area contributed by atoms with E-state index in [2.05, 4.69) is 44.2 Å². The Morgan fingerprint density at radius 1 is 1.22 bits per heavy atom. The molecule has 0 fully saturated rings. The van der Waals surface area contributed by atoms with Crippen LogP contribution in [-0.2, 0) is 24.2 Å². The fourth-order valence-corrected chi connectivity index (χ4v) is 6.05. The maximum Gasteiger partial charge on any atom is 0.189 e. The molecule has 1 aliphatic rings. The average molecular weight is 417 g/mol. The van der Waals surface area contributed by atoms with E-state index >= 15 is 0 Å². The highest BCUT2D eigenvalue weighted by atomic mass is 32.2. The van der Waals surface area contributed by atoms with E-state index in [9.17, 15) is 0 Å². The predicted octanol–water partition coefficient (Wildman–Crippen LogP) is 5.99. The van der Waals surface area contributed by atoms with Crippen LogP contribution in [0, 0.1) is 0 Å². The molecule has 3 heterocycles. The van der Waals surface area contributed by atoms with E-state index in [0.717, 1.165) is 40.0 Å². The second-order valence-electron chi connectivity index (χ2n) is 7.05. The lowest BCUT2D eigenvalue weighted by Gasteiger charge is -2.33. The Labute approximate surface area is 173 Å². The zero-order valence-electron chi connectivity index (χ0n) is 15.9. The number of aromatic nitrogens is 2. The highest BCUT2D eigenvalue weighted by Crippen LogP contribution is 2.43. The number of thioether (sulfide) groups is 2. The van der Waals surface area contributed by atoms with E-state index in [1.807, 2.05) is 18.0 Å². The molecule has 1 unspecified atom stereocenters. The molecule has 142 valence electrons. The normalized spacial score (nSPS) is 19.4. The number of hydrogen-bond acceptors (Lipinski definition) is 6. The summed E-state index contributed by atoms with van der Waals surface area (Å²) in [5, 5.41) is 3.27. The molecule has 27 heavy (non-hydrogen) atoms. The standard InChI is InChI=1S/C21H24N2OS3/c1-4-21(2)12-15-16(13-24-21)27-19-17(15)18(22-20(23-19)25-3)26-11-10-14-8-6-5-7-9-14/h5-9H,4,10-13H2,1-3H3. The Morgan fingerprint density at radius 3 is 2.78 bits per heavy atom. The van der Waals surface area contributed by atoms with Crippen LogP contribution in [0.1, 0.15) is 36.3 Å². The molecule has 0 amide bonds. The first kappa shape index (κ1) is 19.2. The van der Waals surface area contributed by atoms with Crippen molar-refractivity contribution >= 4 is 45.1 Å². The van der Waals surface area contributed by atoms with Crippen LogP contribution in [0.15, 0.2) is 40.5 Å². The first-order valence-corrected chi connectivity index (χ1v) is 12.3. The van der Waals surface area contributed by atoms with Crippen LogP contribution in [0.3, 0.4) is 0 Å². The summed E-state index contributed by atoms with van der Waals surface area (Å²) in [5.74, 6) is 1.02. The number of aryl methyl sites for hydroxylation is 1. The van der Waals surface area contributed by atoms with E-state index in [0.29, 0.717) is 6.61 Å². The SMILES string of the molecule is CCC1(C)Cc2c(sc3nc(SC)nc(SCCc4ccccc4)c23)CO1. The molecule has 0 saturated heterocycles. The van der Waals surface area contributed by atoms with Crippen molar-refractivity contribution in [3.8, 4) is 0 Å². The Kier molecular flexibility index (Phi) is 5.78. The maximum atomic E-state index is 6.16. The average Bonchev–Trinajstić information content (AvgIpc) is 3.06. The molecule has 0 saturated carbocycles. The van der Waals surface area contributed by atoms with Gasteiger partial charge in [0, 0.05) is 22.4 Å². The summed E-state index contributed by atoms with van der Waals surface area (Å²) in [4.78, 5) is 12.1. The third-order valence-corrected chi connectivity index (χ3v) is 7.81. The summed E-state index contributed by atoms with van der Waals surface area (Å²) in [5.41, 5.74) is 2.71. The van der Waals surface area contributed by atoms with Crippen molar-refractivity contribution < 1.29 is 4.74 Å². The summed E-state index contributed by atoms with van der Waals surface area (Å²) in [7, 11) is 0. The molecular weight excluding hydrogens is 392 g/mol. The highest BCUT2D eigenvalue weighted by Gasteiger charge is 2.33. The molecule has 1 atom stereocenters. The van der Waals surface area contributed by atoms with Gasteiger partial charge in [-0.2, -0.15) is 0 Å². The van der Waals surface area contributed by atoms with Gasteiger partial charge in [0.2, 0.25) is 0 Å². The van der Waals surface area contributed by atoms with Crippen molar-refractivity contribution in [2.45, 2.75) is 55.5 Å². The van der Waals surface area contributed by atoms with Crippen LogP contribution < -0.4 is 0 Å². The van der Waals surface area contributed by atoms with Gasteiger partial charge < -0.3 is 4.74 Å². The summed E-state index contributed by atoms with van der Waals surface area (Å²) in [6, 6.07) is 10.7. The van der Waals surface area contributed by atoms with E-state index in [1.165, 1.54) is 21.4 Å². The lowest BCUT2D eigenvalue weighted by molar-refractivity contribution is -0.0543. The second-order valence-corrected chi connectivity index (χ2v) is 9.99. The maximum absolute atomic E-state index is 6.16. The number of rotatable bonds is 6. The van der Waals surface area contributed by atoms with Crippen molar-refractivity contribution in [1.29, 1.82) is 0 Å². The van der Waals surface area contributed by atoms with Crippen molar-refractivity contribution in [1.82, 2.24) is 9.97 Å². The van der Waals surface area contributed by atoms with Crippen LogP contribution >= 0.6 is 34.9 Å². The summed E-state index contributed by atoms with van der Waals surface area (Å²) in [6.07, 6.45) is 5.06. The zero-order valence-corrected chi connectivity index (χ0v) is 18.4. The fraction of sp³-hybridized carbons (Fsp3) is 0.429. The van der Waals surface area contributed by atoms with Crippen LogP contribution in [0.2, 0.25) is 0 Å². The van der Waals surface area contributed by atoms with Crippen LogP contribution in [0.5, 0.6) is 0 Å². The van der Waals surface area contributed by atoms with E-state index in [1.54, 1.807) is 23.1 Å². The van der Waals surface area contributed by atoms with Crippen molar-refractivity contribution in [2.24, 2.45) is 0 Å². The number of thiophene rings is 1. The van der Waals surface area contributed by atoms with E-state index in [-0.39, 0.29) is 5.60 Å². The van der Waals surface area contributed by atoms with Crippen LogP contribution in [0.25, 0.3) is 10.2 Å². The molecule has 3 aromatic rings. The number of ether oxygens (including phenoxy) is 1. The molecule has 6 heteroatoms. The minimum Gasteiger partial charge on any atom is -0.369 e. The molecule has 1 aliphatic heterocycles. The Morgan fingerprint density at radius 2 is 2.04 bits per heavy atom. The second kappa shape index (κ2) is 8.11. The molecule has 1 aromatic carbocycles. The van der Waals surface area contributed by atoms with Gasteiger partial charge >= 0.3 is 0 Å². The Hall–Kier alpha value is -1.08. The zero-order chi connectivity index (χ0) is 18.9. The van der Waals surface area contributed by atoms with E-state index in [4.69, 9.17) is 14.7 Å². The van der Waals surface area contributed by atoms with Crippen molar-refractivity contribution in [2.75, 3.05) is 12.0 Å². The predicted molar refractivity (Wildman–Crippen MR) is 117 cm³/mol. The quantitative estimate of drug-likeness (QED) is 0.280. The largest absolute Gasteiger partial charge is 0.369 e. The van der Waals surface area contributed by atoms with E-state index < -0.39 is 0 Å². The molecule has 2 aromatic heterocycles. The molecule has 0 N–H and O–H groups in total. The molecule has 3 nitrogen and oxygen atoms in total. The number of fused-ring (bicyclic) bond motifs is 3.